The number of benzene rings is 2. The van der Waals surface area contributed by atoms with Crippen LogP contribution in [-0.2, 0) is 10.1 Å². The topological polar surface area (TPSA) is 49.7 Å². The Morgan fingerprint density at radius 2 is 1.52 bits per heavy atom. The smallest absolute Gasteiger partial charge is 0.423 e. The van der Waals surface area contributed by atoms with Crippen molar-refractivity contribution in [2.45, 2.75) is 58.2 Å². The van der Waals surface area contributed by atoms with E-state index in [9.17, 15) is 10.1 Å². The van der Waals surface area contributed by atoms with Gasteiger partial charge in [0.05, 0.1) is 11.2 Å². The van der Waals surface area contributed by atoms with Gasteiger partial charge in [0.2, 0.25) is 0 Å². The van der Waals surface area contributed by atoms with Crippen molar-refractivity contribution in [3.8, 4) is 11.1 Å². The summed E-state index contributed by atoms with van der Waals surface area (Å²) in [6.07, 6.45) is 0. The molecule has 0 atom stereocenters. The lowest BCUT2D eigenvalue weighted by Crippen LogP contribution is -2.53. The maximum atomic E-state index is 10.6. The Labute approximate surface area is 150 Å². The molecule has 0 saturated carbocycles. The predicted molar refractivity (Wildman–Crippen MR) is 103 cm³/mol. The first kappa shape index (κ1) is 18.2. The maximum Gasteiger partial charge on any atom is 0.491 e. The van der Waals surface area contributed by atoms with Crippen LogP contribution >= 0.6 is 0 Å². The second kappa shape index (κ2) is 5.70. The lowest BCUT2D eigenvalue weighted by Gasteiger charge is -2.38. The highest BCUT2D eigenvalue weighted by atomic mass is 16.5. The summed E-state index contributed by atoms with van der Waals surface area (Å²) in [7, 11) is -1.09. The van der Waals surface area contributed by atoms with Gasteiger partial charge < -0.3 is 14.8 Å². The van der Waals surface area contributed by atoms with Gasteiger partial charge >= 0.3 is 7.12 Å². The molecule has 2 N–H and O–H groups in total. The standard InChI is InChI=1S/C21H27BO3/c1-19(2)17-10-8-7-9-15(17)16-12-11-14(13-18(16)19)22(24)25-21(5,6)20(3,4)23/h7-13,23-24H,1-6H3. The summed E-state index contributed by atoms with van der Waals surface area (Å²) in [4.78, 5) is 0. The minimum absolute atomic E-state index is 0.118. The summed E-state index contributed by atoms with van der Waals surface area (Å²) in [6.45, 7) is 11.3. The third-order valence-electron chi connectivity index (χ3n) is 5.77. The Balaban J connectivity index is 1.97. The van der Waals surface area contributed by atoms with Gasteiger partial charge in [-0.3, -0.25) is 0 Å². The van der Waals surface area contributed by atoms with Gasteiger partial charge in [0.15, 0.2) is 0 Å². The molecule has 0 aliphatic heterocycles. The number of aliphatic hydroxyl groups is 1. The minimum Gasteiger partial charge on any atom is -0.423 e. The molecule has 4 heteroatoms. The highest BCUT2D eigenvalue weighted by Gasteiger charge is 2.41. The second-order valence-corrected chi connectivity index (χ2v) is 8.52. The summed E-state index contributed by atoms with van der Waals surface area (Å²) in [5.41, 5.74) is 3.58. The van der Waals surface area contributed by atoms with Gasteiger partial charge in [0.1, 0.15) is 0 Å². The van der Waals surface area contributed by atoms with Gasteiger partial charge in [-0.25, -0.2) is 0 Å². The third kappa shape index (κ3) is 2.93. The van der Waals surface area contributed by atoms with Gasteiger partial charge in [0, 0.05) is 5.41 Å². The van der Waals surface area contributed by atoms with Crippen LogP contribution in [0.2, 0.25) is 0 Å². The fraction of sp³-hybridized carbons (Fsp3) is 0.429. The first-order chi connectivity index (χ1) is 11.4. The van der Waals surface area contributed by atoms with E-state index in [0.717, 1.165) is 0 Å². The SMILES string of the molecule is CC1(C)c2ccccc2-c2ccc(B(O)OC(C)(C)C(C)(C)O)cc21. The van der Waals surface area contributed by atoms with Crippen LogP contribution in [0.3, 0.4) is 0 Å². The lowest BCUT2D eigenvalue weighted by atomic mass is 9.73. The molecule has 132 valence electrons. The van der Waals surface area contributed by atoms with Gasteiger partial charge in [-0.15, -0.1) is 0 Å². The van der Waals surface area contributed by atoms with Crippen molar-refractivity contribution in [1.82, 2.24) is 0 Å². The Morgan fingerprint density at radius 3 is 2.16 bits per heavy atom. The zero-order chi connectivity index (χ0) is 18.6. The summed E-state index contributed by atoms with van der Waals surface area (Å²) in [6, 6.07) is 14.4. The molecule has 25 heavy (non-hydrogen) atoms. The lowest BCUT2D eigenvalue weighted by molar-refractivity contribution is -0.0982. The summed E-state index contributed by atoms with van der Waals surface area (Å²) in [5.74, 6) is 0. The fourth-order valence-corrected chi connectivity index (χ4v) is 3.37. The van der Waals surface area contributed by atoms with Crippen molar-refractivity contribution in [3.05, 3.63) is 53.6 Å². The van der Waals surface area contributed by atoms with E-state index in [2.05, 4.69) is 44.2 Å². The van der Waals surface area contributed by atoms with Crippen LogP contribution in [-0.4, -0.2) is 28.5 Å². The van der Waals surface area contributed by atoms with Crippen LogP contribution in [0.1, 0.15) is 52.7 Å². The van der Waals surface area contributed by atoms with E-state index in [1.54, 1.807) is 27.7 Å². The van der Waals surface area contributed by atoms with Crippen molar-refractivity contribution < 1.29 is 14.8 Å². The zero-order valence-corrected chi connectivity index (χ0v) is 15.9. The van der Waals surface area contributed by atoms with Gasteiger partial charge in [-0.05, 0) is 55.4 Å². The number of rotatable bonds is 4. The van der Waals surface area contributed by atoms with E-state index < -0.39 is 18.3 Å². The Bertz CT molecular complexity index is 803. The largest absolute Gasteiger partial charge is 0.491 e. The van der Waals surface area contributed by atoms with Crippen molar-refractivity contribution in [2.24, 2.45) is 0 Å². The molecule has 1 aliphatic rings. The highest BCUT2D eigenvalue weighted by molar-refractivity contribution is 6.60. The van der Waals surface area contributed by atoms with Gasteiger partial charge in [-0.1, -0.05) is 56.3 Å². The second-order valence-electron chi connectivity index (χ2n) is 8.52. The van der Waals surface area contributed by atoms with Crippen LogP contribution in [0, 0.1) is 0 Å². The minimum atomic E-state index is -1.09. The number of hydrogen-bond acceptors (Lipinski definition) is 3. The summed E-state index contributed by atoms with van der Waals surface area (Å²) >= 11 is 0. The molecule has 0 bridgehead atoms. The molecule has 3 rings (SSSR count). The van der Waals surface area contributed by atoms with E-state index in [-0.39, 0.29) is 5.41 Å². The monoisotopic (exact) mass is 338 g/mol. The van der Waals surface area contributed by atoms with Crippen LogP contribution in [0.5, 0.6) is 0 Å². The van der Waals surface area contributed by atoms with E-state index in [1.807, 2.05) is 12.1 Å². The van der Waals surface area contributed by atoms with E-state index in [0.29, 0.717) is 5.46 Å². The molecular formula is C21H27BO3. The third-order valence-corrected chi connectivity index (χ3v) is 5.77. The quantitative estimate of drug-likeness (QED) is 0.842. The first-order valence-electron chi connectivity index (χ1n) is 8.78. The molecule has 0 unspecified atom stereocenters. The van der Waals surface area contributed by atoms with Crippen LogP contribution in [0.4, 0.5) is 0 Å². The van der Waals surface area contributed by atoms with E-state index >= 15 is 0 Å². The average molecular weight is 338 g/mol. The van der Waals surface area contributed by atoms with Crippen molar-refractivity contribution >= 4 is 12.6 Å². The molecular weight excluding hydrogens is 311 g/mol. The normalized spacial score (nSPS) is 15.7. The van der Waals surface area contributed by atoms with Crippen molar-refractivity contribution in [3.63, 3.8) is 0 Å². The van der Waals surface area contributed by atoms with Crippen LogP contribution in [0.15, 0.2) is 42.5 Å². The van der Waals surface area contributed by atoms with E-state index in [4.69, 9.17) is 4.65 Å². The summed E-state index contributed by atoms with van der Waals surface area (Å²) < 4.78 is 5.80. The first-order valence-corrected chi connectivity index (χ1v) is 8.78. The number of hydrogen-bond donors (Lipinski definition) is 2. The molecule has 0 saturated heterocycles. The molecule has 0 spiro atoms. The average Bonchev–Trinajstić information content (AvgIpc) is 2.74. The fourth-order valence-electron chi connectivity index (χ4n) is 3.37. The molecule has 0 aromatic heterocycles. The molecule has 2 aromatic carbocycles. The maximum absolute atomic E-state index is 10.6. The highest BCUT2D eigenvalue weighted by Crippen LogP contribution is 2.47. The van der Waals surface area contributed by atoms with Crippen LogP contribution < -0.4 is 5.46 Å². The van der Waals surface area contributed by atoms with Gasteiger partial charge in [-0.2, -0.15) is 0 Å². The Kier molecular flexibility index (Phi) is 4.14. The zero-order valence-electron chi connectivity index (χ0n) is 15.9. The van der Waals surface area contributed by atoms with Crippen molar-refractivity contribution in [1.29, 1.82) is 0 Å². The Hall–Kier alpha value is -1.62. The molecule has 0 amide bonds. The molecule has 3 nitrogen and oxygen atoms in total. The molecule has 0 radical (unpaired) electrons. The predicted octanol–water partition coefficient (Wildman–Crippen LogP) is 3.25. The Morgan fingerprint density at radius 1 is 0.920 bits per heavy atom. The van der Waals surface area contributed by atoms with E-state index in [1.165, 1.54) is 22.3 Å². The number of fused-ring (bicyclic) bond motifs is 3. The molecule has 0 fully saturated rings. The molecule has 1 aliphatic carbocycles. The van der Waals surface area contributed by atoms with Gasteiger partial charge in [0.25, 0.3) is 0 Å². The molecule has 0 heterocycles. The van der Waals surface area contributed by atoms with Crippen molar-refractivity contribution in [2.75, 3.05) is 0 Å². The molecule has 2 aromatic rings. The summed E-state index contributed by atoms with van der Waals surface area (Å²) in [5, 5.41) is 20.9. The van der Waals surface area contributed by atoms with Crippen LogP contribution in [0.25, 0.3) is 11.1 Å².